The van der Waals surface area contributed by atoms with Crippen molar-refractivity contribution in [3.63, 3.8) is 0 Å². The summed E-state index contributed by atoms with van der Waals surface area (Å²) in [5.74, 6) is 1.45. The van der Waals surface area contributed by atoms with E-state index in [1.165, 1.54) is 11.8 Å². The fraction of sp³-hybridized carbons (Fsp3) is 0.348. The fourth-order valence-corrected chi connectivity index (χ4v) is 4.14. The number of nitrogens with one attached hydrogen (secondary N) is 1. The van der Waals surface area contributed by atoms with Gasteiger partial charge < -0.3 is 14.8 Å². The number of hydrogen-bond acceptors (Lipinski definition) is 6. The Bertz CT molecular complexity index is 1150. The number of fused-ring (bicyclic) bond motifs is 2. The predicted molar refractivity (Wildman–Crippen MR) is 121 cm³/mol. The van der Waals surface area contributed by atoms with Crippen LogP contribution in [0.15, 0.2) is 58.5 Å². The number of carbonyl (C=O) groups is 1. The largest absolute Gasteiger partial charge is 0.486 e. The summed E-state index contributed by atoms with van der Waals surface area (Å²) < 4.78 is 13.4. The van der Waals surface area contributed by atoms with Gasteiger partial charge in [0.15, 0.2) is 22.8 Å². The van der Waals surface area contributed by atoms with E-state index in [-0.39, 0.29) is 35.9 Å². The van der Waals surface area contributed by atoms with Crippen LogP contribution in [-0.2, 0) is 11.3 Å². The molecule has 0 unspecified atom stereocenters. The summed E-state index contributed by atoms with van der Waals surface area (Å²) in [7, 11) is 0. The number of hydrogen-bond donors (Lipinski definition) is 1. The monoisotopic (exact) mass is 439 g/mol. The van der Waals surface area contributed by atoms with Gasteiger partial charge in [0.25, 0.3) is 5.56 Å². The summed E-state index contributed by atoms with van der Waals surface area (Å²) in [4.78, 5) is 30.2. The van der Waals surface area contributed by atoms with Crippen molar-refractivity contribution in [2.75, 3.05) is 12.4 Å². The molecule has 162 valence electrons. The number of thioether (sulfide) groups is 1. The Kier molecular flexibility index (Phi) is 6.46. The summed E-state index contributed by atoms with van der Waals surface area (Å²) in [6.07, 6.45) is 0.513. The van der Waals surface area contributed by atoms with Crippen LogP contribution in [0.5, 0.6) is 11.5 Å². The third-order valence-electron chi connectivity index (χ3n) is 5.13. The molecule has 8 heteroatoms. The average molecular weight is 440 g/mol. The van der Waals surface area contributed by atoms with Crippen LogP contribution in [-0.4, -0.2) is 40.0 Å². The predicted octanol–water partition coefficient (Wildman–Crippen LogP) is 3.24. The van der Waals surface area contributed by atoms with E-state index in [1.807, 2.05) is 50.2 Å². The van der Waals surface area contributed by atoms with Crippen molar-refractivity contribution in [2.45, 2.75) is 44.1 Å². The van der Waals surface area contributed by atoms with Crippen LogP contribution in [0.1, 0.15) is 20.3 Å². The number of para-hydroxylation sites is 3. The van der Waals surface area contributed by atoms with Crippen LogP contribution in [0.4, 0.5) is 0 Å². The summed E-state index contributed by atoms with van der Waals surface area (Å²) in [6, 6.07) is 14.8. The number of rotatable bonds is 7. The highest BCUT2D eigenvalue weighted by molar-refractivity contribution is 7.99. The molecule has 0 aliphatic carbocycles. The molecule has 0 bridgehead atoms. The normalized spacial score (nSPS) is 16.1. The van der Waals surface area contributed by atoms with E-state index in [0.29, 0.717) is 34.2 Å². The molecule has 3 aromatic rings. The lowest BCUT2D eigenvalue weighted by molar-refractivity contribution is -0.119. The lowest BCUT2D eigenvalue weighted by Crippen LogP contribution is -2.38. The second-order valence-corrected chi connectivity index (χ2v) is 8.43. The molecule has 0 radical (unpaired) electrons. The van der Waals surface area contributed by atoms with Gasteiger partial charge in [-0.2, -0.15) is 0 Å². The van der Waals surface area contributed by atoms with Crippen molar-refractivity contribution >= 4 is 28.6 Å². The molecule has 1 N–H and O–H groups in total. The van der Waals surface area contributed by atoms with Crippen molar-refractivity contribution in [1.29, 1.82) is 0 Å². The minimum atomic E-state index is -0.344. The Morgan fingerprint density at radius 3 is 2.77 bits per heavy atom. The van der Waals surface area contributed by atoms with Crippen molar-refractivity contribution in [2.24, 2.45) is 0 Å². The SMILES string of the molecule is CC[C@@H](C)NC(=O)CSc1nc2ccccc2c(=O)n1C[C@@H]1COc2ccccc2O1. The lowest BCUT2D eigenvalue weighted by atomic mass is 10.2. The number of nitrogens with zero attached hydrogens (tertiary/aromatic N) is 2. The van der Waals surface area contributed by atoms with Gasteiger partial charge in [-0.15, -0.1) is 0 Å². The Morgan fingerprint density at radius 2 is 1.97 bits per heavy atom. The summed E-state index contributed by atoms with van der Waals surface area (Å²) >= 11 is 1.25. The number of carbonyl (C=O) groups excluding carboxylic acids is 1. The molecule has 0 saturated heterocycles. The minimum absolute atomic E-state index is 0.0838. The quantitative estimate of drug-likeness (QED) is 0.450. The topological polar surface area (TPSA) is 82.5 Å². The minimum Gasteiger partial charge on any atom is -0.486 e. The van der Waals surface area contributed by atoms with Crippen molar-refractivity contribution in [1.82, 2.24) is 14.9 Å². The maximum atomic E-state index is 13.3. The van der Waals surface area contributed by atoms with E-state index in [2.05, 4.69) is 10.3 Å². The van der Waals surface area contributed by atoms with Crippen LogP contribution in [0.3, 0.4) is 0 Å². The van der Waals surface area contributed by atoms with E-state index in [0.717, 1.165) is 6.42 Å². The Hall–Kier alpha value is -3.00. The molecule has 0 spiro atoms. The highest BCUT2D eigenvalue weighted by Gasteiger charge is 2.24. The second-order valence-electron chi connectivity index (χ2n) is 7.49. The van der Waals surface area contributed by atoms with Gasteiger partial charge in [0.05, 0.1) is 23.2 Å². The van der Waals surface area contributed by atoms with E-state index in [9.17, 15) is 9.59 Å². The van der Waals surface area contributed by atoms with Crippen molar-refractivity contribution in [3.8, 4) is 11.5 Å². The molecule has 2 aromatic carbocycles. The smallest absolute Gasteiger partial charge is 0.262 e. The number of amides is 1. The molecule has 2 atom stereocenters. The van der Waals surface area contributed by atoms with Gasteiger partial charge in [-0.05, 0) is 37.6 Å². The van der Waals surface area contributed by atoms with Crippen molar-refractivity contribution < 1.29 is 14.3 Å². The van der Waals surface area contributed by atoms with Crippen LogP contribution >= 0.6 is 11.8 Å². The maximum Gasteiger partial charge on any atom is 0.262 e. The van der Waals surface area contributed by atoms with Gasteiger partial charge in [-0.3, -0.25) is 14.2 Å². The van der Waals surface area contributed by atoms with Gasteiger partial charge in [-0.25, -0.2) is 4.98 Å². The first kappa shape index (κ1) is 21.2. The van der Waals surface area contributed by atoms with Gasteiger partial charge in [-0.1, -0.05) is 43.0 Å². The molecule has 1 aliphatic heterocycles. The summed E-state index contributed by atoms with van der Waals surface area (Å²) in [5, 5.41) is 3.97. The van der Waals surface area contributed by atoms with Gasteiger partial charge >= 0.3 is 0 Å². The average Bonchev–Trinajstić information content (AvgIpc) is 2.79. The molecule has 2 heterocycles. The van der Waals surface area contributed by atoms with E-state index < -0.39 is 0 Å². The molecule has 1 aliphatic rings. The first-order valence-corrected chi connectivity index (χ1v) is 11.3. The first-order chi connectivity index (χ1) is 15.0. The fourth-order valence-electron chi connectivity index (χ4n) is 3.32. The van der Waals surface area contributed by atoms with Crippen molar-refractivity contribution in [3.05, 3.63) is 58.9 Å². The first-order valence-electron chi connectivity index (χ1n) is 10.4. The zero-order valence-electron chi connectivity index (χ0n) is 17.5. The number of ether oxygens (including phenoxy) is 2. The van der Waals surface area contributed by atoms with Gasteiger partial charge in [0, 0.05) is 6.04 Å². The zero-order valence-corrected chi connectivity index (χ0v) is 18.4. The van der Waals surface area contributed by atoms with E-state index in [4.69, 9.17) is 9.47 Å². The zero-order chi connectivity index (χ0) is 21.8. The Labute approximate surface area is 184 Å². The molecule has 1 amide bonds. The van der Waals surface area contributed by atoms with Gasteiger partial charge in [0.2, 0.25) is 5.91 Å². The van der Waals surface area contributed by atoms with Gasteiger partial charge in [0.1, 0.15) is 6.61 Å². The van der Waals surface area contributed by atoms with Crippen LogP contribution in [0.2, 0.25) is 0 Å². The Morgan fingerprint density at radius 1 is 1.23 bits per heavy atom. The van der Waals surface area contributed by atoms with Crippen LogP contribution in [0.25, 0.3) is 10.9 Å². The van der Waals surface area contributed by atoms with E-state index >= 15 is 0 Å². The molecular formula is C23H25N3O4S. The molecule has 31 heavy (non-hydrogen) atoms. The Balaban J connectivity index is 1.60. The number of benzene rings is 2. The number of aromatic nitrogens is 2. The molecule has 4 rings (SSSR count). The highest BCUT2D eigenvalue weighted by Crippen LogP contribution is 2.31. The summed E-state index contributed by atoms with van der Waals surface area (Å²) in [5.41, 5.74) is 0.456. The molecule has 0 saturated carbocycles. The molecule has 1 aromatic heterocycles. The third kappa shape index (κ3) is 4.85. The maximum absolute atomic E-state index is 13.3. The third-order valence-corrected chi connectivity index (χ3v) is 6.11. The lowest BCUT2D eigenvalue weighted by Gasteiger charge is -2.27. The van der Waals surface area contributed by atoms with Crippen LogP contribution < -0.4 is 20.3 Å². The standard InChI is InChI=1S/C23H25N3O4S/c1-3-15(2)24-21(27)14-31-23-25-18-9-5-4-8-17(18)22(28)26(23)12-16-13-29-19-10-6-7-11-20(19)30-16/h4-11,15-16H,3,12-14H2,1-2H3,(H,24,27)/t15-,16-/m1/s1. The summed E-state index contributed by atoms with van der Waals surface area (Å²) in [6.45, 7) is 4.59. The molecular weight excluding hydrogens is 414 g/mol. The highest BCUT2D eigenvalue weighted by atomic mass is 32.2. The van der Waals surface area contributed by atoms with E-state index in [1.54, 1.807) is 16.7 Å². The second kappa shape index (κ2) is 9.43. The molecule has 0 fully saturated rings. The van der Waals surface area contributed by atoms with Crippen LogP contribution in [0, 0.1) is 0 Å². The molecule has 7 nitrogen and oxygen atoms in total.